The Morgan fingerprint density at radius 1 is 0.512 bits per heavy atom. The number of anilines is 6. The average molecular weight is 1740 g/mol. The van der Waals surface area contributed by atoms with Crippen LogP contribution in [0.15, 0.2) is 200 Å². The molecule has 3 aliphatic heterocycles. The van der Waals surface area contributed by atoms with Crippen LogP contribution in [-0.2, 0) is 28.9 Å². The van der Waals surface area contributed by atoms with Crippen LogP contribution in [0.4, 0.5) is 60.5 Å². The number of aromatic nitrogens is 6. The minimum absolute atomic E-state index is 0.000000000000000222. The van der Waals surface area contributed by atoms with Gasteiger partial charge in [0.1, 0.15) is 52.4 Å². The summed E-state index contributed by atoms with van der Waals surface area (Å²) >= 11 is 7.86. The van der Waals surface area contributed by atoms with Crippen LogP contribution in [0.3, 0.4) is 0 Å². The lowest BCUT2D eigenvalue weighted by molar-refractivity contribution is -0.112. The van der Waals surface area contributed by atoms with Crippen molar-refractivity contribution in [1.29, 1.82) is 5.26 Å². The van der Waals surface area contributed by atoms with Gasteiger partial charge in [-0.05, 0) is 234 Å². The molecule has 121 heavy (non-hydrogen) atoms. The molecule has 9 aromatic carbocycles. The van der Waals surface area contributed by atoms with Gasteiger partial charge in [0.25, 0.3) is 11.8 Å². The van der Waals surface area contributed by atoms with Gasteiger partial charge in [0.15, 0.2) is 0 Å². The third-order valence-electron chi connectivity index (χ3n) is 19.7. The molecule has 0 aliphatic carbocycles. The van der Waals surface area contributed by atoms with E-state index in [1.807, 2.05) is 91.4 Å². The monoisotopic (exact) mass is 1730 g/mol. The van der Waals surface area contributed by atoms with Crippen molar-refractivity contribution < 1.29 is 55.4 Å². The van der Waals surface area contributed by atoms with Crippen molar-refractivity contribution in [2.75, 3.05) is 73.3 Å². The second-order valence-electron chi connectivity index (χ2n) is 28.7. The van der Waals surface area contributed by atoms with Gasteiger partial charge in [0.2, 0.25) is 11.1 Å². The van der Waals surface area contributed by atoms with Crippen LogP contribution >= 0.6 is 27.5 Å². The molecule has 0 bridgehead atoms. The normalized spacial score (nSPS) is 14.1. The highest BCUT2D eigenvalue weighted by atomic mass is 79.9. The second-order valence-corrected chi connectivity index (χ2v) is 30.0. The molecule has 0 spiro atoms. The molecular formula is C91H92BrClF6N16O6. The molecule has 15 rings (SSSR count). The van der Waals surface area contributed by atoms with Crippen molar-refractivity contribution in [3.8, 4) is 6.07 Å². The fourth-order valence-corrected chi connectivity index (χ4v) is 13.4. The van der Waals surface area contributed by atoms with E-state index in [2.05, 4.69) is 75.7 Å². The van der Waals surface area contributed by atoms with Crippen molar-refractivity contribution in [1.82, 2.24) is 45.0 Å². The quantitative estimate of drug-likeness (QED) is 0.0244. The first-order valence-corrected chi connectivity index (χ1v) is 39.3. The van der Waals surface area contributed by atoms with Gasteiger partial charge in [-0.25, -0.2) is 61.0 Å². The fourth-order valence-electron chi connectivity index (χ4n) is 12.9. The number of aromatic carboxylic acids is 1. The molecule has 3 atom stereocenters. The molecule has 628 valence electrons. The molecule has 13 N–H and O–H groups in total. The predicted octanol–water partition coefficient (Wildman–Crippen LogP) is 17.2. The van der Waals surface area contributed by atoms with Crippen LogP contribution in [0.25, 0.3) is 32.7 Å². The Labute approximate surface area is 710 Å². The summed E-state index contributed by atoms with van der Waals surface area (Å²) in [6.07, 6.45) is 13.1. The number of aryl methyl sites for hydroxylation is 6. The van der Waals surface area contributed by atoms with E-state index in [9.17, 15) is 50.3 Å². The maximum Gasteiger partial charge on any atom is 0.335 e. The third kappa shape index (κ3) is 27.2. The number of nitrogens with zero attached hydrogens (tertiary/aromatic N) is 9. The number of allylic oxidation sites excluding steroid dienone is 1. The molecular weight excluding hydrogens is 1640 g/mol. The average Bonchev–Trinajstić information content (AvgIpc) is 1.62. The first kappa shape index (κ1) is 93.3. The number of carbonyl (C=O) groups excluding carboxylic acids is 4. The summed E-state index contributed by atoms with van der Waals surface area (Å²) in [5.74, 6) is -1.33. The minimum Gasteiger partial charge on any atom is -0.478 e. The SMILES string of the molecule is C=CC(=O)Cl.C=CC(=O)Nc1c(C)cc(C(=O)N2CC[C@@H](Cc3ncc4ccccc4n3)C2)cc1F.Cc1cc(Br)cc(F)c1N.Cc1cc(C#N)cc(F)c1N.Cc1cc(C(=O)N2CC[C@@H](Cc3ncc4ccccc4n3)C2)cc(F)c1N.Cc1cc(C(=O)O)cc(F)c1N.Cc1cccc(F)c1N.c1ccc2nc(C[C@@H]3CCNC3)ncc2c1. The topological polar surface area (TPSA) is 367 Å². The summed E-state index contributed by atoms with van der Waals surface area (Å²) in [5.41, 5.74) is 35.0. The van der Waals surface area contributed by atoms with Crippen LogP contribution in [0, 0.1) is 106 Å². The predicted molar refractivity (Wildman–Crippen MR) is 467 cm³/mol. The number of likely N-dealkylation sites (tertiary alicyclic amines) is 2. The lowest BCUT2D eigenvalue weighted by Crippen LogP contribution is -2.29. The number of halogens is 8. The number of para-hydroxylation sites is 4. The number of hydrogen-bond donors (Lipinski definition) is 8. The first-order chi connectivity index (χ1) is 57.6. The van der Waals surface area contributed by atoms with Gasteiger partial charge in [-0.15, -0.1) is 0 Å². The molecule has 0 radical (unpaired) electrons. The summed E-state index contributed by atoms with van der Waals surface area (Å²) in [6.45, 7) is 21.3. The highest BCUT2D eigenvalue weighted by Gasteiger charge is 2.31. The van der Waals surface area contributed by atoms with Gasteiger partial charge < -0.3 is 54.2 Å². The molecule has 3 saturated heterocycles. The Hall–Kier alpha value is -13.2. The molecule has 12 aromatic rings. The summed E-state index contributed by atoms with van der Waals surface area (Å²) in [5, 5.41) is 25.4. The molecule has 0 unspecified atom stereocenters. The molecule has 6 heterocycles. The van der Waals surface area contributed by atoms with Gasteiger partial charge in [-0.2, -0.15) is 5.26 Å². The first-order valence-electron chi connectivity index (χ1n) is 38.1. The lowest BCUT2D eigenvalue weighted by atomic mass is 10.0. The van der Waals surface area contributed by atoms with Crippen molar-refractivity contribution in [3.05, 3.63) is 308 Å². The number of fused-ring (bicyclic) bond motifs is 3. The number of carbonyl (C=O) groups is 5. The number of carboxylic acids is 1. The van der Waals surface area contributed by atoms with Crippen molar-refractivity contribution in [2.45, 2.75) is 80.1 Å². The van der Waals surface area contributed by atoms with E-state index >= 15 is 0 Å². The highest BCUT2D eigenvalue weighted by Crippen LogP contribution is 2.30. The zero-order valence-electron chi connectivity index (χ0n) is 67.4. The zero-order valence-corrected chi connectivity index (χ0v) is 69.7. The molecule has 22 nitrogen and oxygen atoms in total. The van der Waals surface area contributed by atoms with E-state index in [4.69, 9.17) is 50.6 Å². The van der Waals surface area contributed by atoms with Gasteiger partial charge in [0.05, 0.1) is 67.9 Å². The van der Waals surface area contributed by atoms with Crippen LogP contribution in [0.2, 0.25) is 0 Å². The van der Waals surface area contributed by atoms with Gasteiger partial charge >= 0.3 is 5.97 Å². The standard InChI is InChI=1S/C24H23FN4O2.C21H21FN4O.C13H15N3.C8H7FN2.C8H8FNO2.C7H7BrFN.C7H8FN.C3H3ClO/c1-3-22(30)28-23-15(2)10-18(12-19(23)25)24(31)29-9-8-16(14-29)11-21-26-13-17-6-4-5-7-20(17)27-21;1-13-8-16(10-17(22)20(13)23)21(27)26-7-6-14(12-26)9-19-24-11-15-4-2-3-5-18(15)25-19;1-2-4-12-11(3-1)9-15-13(16-12)7-10-5-6-14-8-10;1-5-2-6(4-10)3-7(9)8(5)11;1-4-2-5(8(11)12)3-6(9)7(4)10;1-4-2-5(8)3-6(9)7(4)10;1-5-3-2-4-6(8)7(5)9;1-2-3(4)5/h3-7,10,12-13,16H,1,8-9,11,14H2,2H3,(H,28,30);2-5,8,10-11,14H,6-7,9,12,23H2,1H3;1-4,9-10,14H,5-8H2;2-3H,11H2,1H3;2-3H,10H2,1H3,(H,11,12);2-3H,10H2,1H3;2-4H,9H2,1H3;2H,1H2/t16-;14-;10-;;;;;/m000...../s1. The largest absolute Gasteiger partial charge is 0.478 e. The van der Waals surface area contributed by atoms with Crippen LogP contribution in [0.5, 0.6) is 0 Å². The van der Waals surface area contributed by atoms with Gasteiger partial charge in [-0.3, -0.25) is 19.2 Å². The van der Waals surface area contributed by atoms with E-state index in [0.717, 1.165) is 129 Å². The molecule has 3 amide bonds. The maximum atomic E-state index is 14.5. The Balaban J connectivity index is 0.000000183. The number of nitrogen functional groups attached to an aromatic ring is 5. The molecule has 0 saturated carbocycles. The van der Waals surface area contributed by atoms with Crippen molar-refractivity contribution >= 4 is 123 Å². The van der Waals surface area contributed by atoms with E-state index in [1.165, 1.54) is 36.8 Å². The second kappa shape index (κ2) is 44.6. The maximum absolute atomic E-state index is 14.5. The minimum atomic E-state index is -1.16. The lowest BCUT2D eigenvalue weighted by Gasteiger charge is -2.18. The molecule has 3 aliphatic rings. The van der Waals surface area contributed by atoms with Gasteiger partial charge in [-0.1, -0.05) is 95.8 Å². The number of carboxylic acid groups (broad SMARTS) is 1. The number of hydrogen-bond acceptors (Lipinski definition) is 18. The summed E-state index contributed by atoms with van der Waals surface area (Å²) in [7, 11) is 0. The molecule has 3 aromatic heterocycles. The summed E-state index contributed by atoms with van der Waals surface area (Å²) < 4.78 is 79.8. The van der Waals surface area contributed by atoms with Crippen molar-refractivity contribution in [3.63, 3.8) is 0 Å². The molecule has 30 heteroatoms. The van der Waals surface area contributed by atoms with Crippen LogP contribution in [0.1, 0.15) is 107 Å². The smallest absolute Gasteiger partial charge is 0.335 e. The number of nitrogens with two attached hydrogens (primary N) is 5. The fraction of sp³-hybridized carbons (Fsp3) is 0.231. The third-order valence-corrected chi connectivity index (χ3v) is 20.3. The van der Waals surface area contributed by atoms with E-state index < -0.39 is 40.4 Å². The number of nitriles is 1. The van der Waals surface area contributed by atoms with Crippen LogP contribution < -0.4 is 39.3 Å². The van der Waals surface area contributed by atoms with Crippen molar-refractivity contribution in [2.24, 2.45) is 17.8 Å². The number of rotatable bonds is 12. The number of amides is 3. The Morgan fingerprint density at radius 3 is 1.30 bits per heavy atom. The number of benzene rings is 9. The van der Waals surface area contributed by atoms with Crippen LogP contribution in [-0.4, -0.2) is 113 Å². The zero-order chi connectivity index (χ0) is 88.3. The van der Waals surface area contributed by atoms with E-state index in [0.29, 0.717) is 77.8 Å². The number of nitrogens with one attached hydrogen (secondary N) is 2. The van der Waals surface area contributed by atoms with Gasteiger partial charge in [0, 0.05) is 95.8 Å². The molecule has 3 fully saturated rings. The summed E-state index contributed by atoms with van der Waals surface area (Å²) in [6, 6.07) is 44.2. The Kier molecular flexibility index (Phi) is 34.4. The summed E-state index contributed by atoms with van der Waals surface area (Å²) in [4.78, 5) is 87.7. The Morgan fingerprint density at radius 2 is 0.909 bits per heavy atom. The van der Waals surface area contributed by atoms with E-state index in [1.54, 1.807) is 87.7 Å². The Bertz CT molecular complexity index is 5680. The highest BCUT2D eigenvalue weighted by molar-refractivity contribution is 9.10. The van der Waals surface area contributed by atoms with E-state index in [-0.39, 0.29) is 74.6 Å².